The van der Waals surface area contributed by atoms with Crippen LogP contribution in [0.25, 0.3) is 0 Å². The summed E-state index contributed by atoms with van der Waals surface area (Å²) in [7, 11) is 0. The molecule has 2 heterocycles. The predicted octanol–water partition coefficient (Wildman–Crippen LogP) is 1.96. The number of hydrogen-bond donors (Lipinski definition) is 2. The van der Waals surface area contributed by atoms with Crippen LogP contribution in [0.15, 0.2) is 4.42 Å². The Labute approximate surface area is 145 Å². The molecule has 0 bridgehead atoms. The maximum Gasteiger partial charge on any atom is 0.308 e. The van der Waals surface area contributed by atoms with E-state index in [0.29, 0.717) is 55.8 Å². The molecule has 1 atom stereocenters. The molecule has 0 radical (unpaired) electrons. The van der Waals surface area contributed by atoms with Crippen LogP contribution in [-0.4, -0.2) is 42.5 Å². The number of ether oxygens (including phenoxy) is 1. The number of aliphatic carboxylic acids is 1. The van der Waals surface area contributed by atoms with Gasteiger partial charge in [0.2, 0.25) is 0 Å². The van der Waals surface area contributed by atoms with E-state index in [9.17, 15) is 19.5 Å². The zero-order valence-corrected chi connectivity index (χ0v) is 14.3. The molecule has 0 aromatic carbocycles. The van der Waals surface area contributed by atoms with E-state index >= 15 is 0 Å². The van der Waals surface area contributed by atoms with E-state index in [1.54, 1.807) is 6.92 Å². The number of aryl methyl sites for hydroxylation is 1. The number of ketones is 1. The average Bonchev–Trinajstić information content (AvgIpc) is 2.94. The Balaban J connectivity index is 1.69. The van der Waals surface area contributed by atoms with Gasteiger partial charge >= 0.3 is 5.97 Å². The lowest BCUT2D eigenvalue weighted by atomic mass is 9.86. The Morgan fingerprint density at radius 3 is 2.64 bits per heavy atom. The minimum Gasteiger partial charge on any atom is -0.481 e. The monoisotopic (exact) mass is 349 g/mol. The predicted molar refractivity (Wildman–Crippen MR) is 87.7 cm³/mol. The van der Waals surface area contributed by atoms with E-state index in [1.165, 1.54) is 0 Å². The Bertz CT molecular complexity index is 686. The molecule has 1 fully saturated rings. The van der Waals surface area contributed by atoms with Gasteiger partial charge in [-0.15, -0.1) is 0 Å². The van der Waals surface area contributed by atoms with Crippen LogP contribution in [0.1, 0.15) is 57.9 Å². The zero-order chi connectivity index (χ0) is 18.0. The number of fused-ring (bicyclic) bond motifs is 1. The summed E-state index contributed by atoms with van der Waals surface area (Å²) in [5.41, 5.74) is 1.07. The highest BCUT2D eigenvalue weighted by Gasteiger charge is 2.32. The quantitative estimate of drug-likeness (QED) is 0.842. The molecule has 136 valence electrons. The molecule has 0 saturated carbocycles. The summed E-state index contributed by atoms with van der Waals surface area (Å²) >= 11 is 0. The summed E-state index contributed by atoms with van der Waals surface area (Å²) in [4.78, 5) is 36.0. The van der Waals surface area contributed by atoms with Gasteiger partial charge in [0.1, 0.15) is 5.76 Å². The number of carbonyl (C=O) groups excluding carboxylic acids is 2. The van der Waals surface area contributed by atoms with Gasteiger partial charge in [0.15, 0.2) is 11.5 Å². The number of nitrogens with one attached hydrogen (secondary N) is 1. The average molecular weight is 349 g/mol. The number of rotatable bonds is 5. The molecule has 25 heavy (non-hydrogen) atoms. The molecule has 1 aliphatic carbocycles. The largest absolute Gasteiger partial charge is 0.481 e. The van der Waals surface area contributed by atoms with Crippen LogP contribution < -0.4 is 5.32 Å². The van der Waals surface area contributed by atoms with Gasteiger partial charge in [-0.3, -0.25) is 14.4 Å². The van der Waals surface area contributed by atoms with Crippen LogP contribution >= 0.6 is 0 Å². The van der Waals surface area contributed by atoms with Gasteiger partial charge in [0, 0.05) is 38.2 Å². The molecular weight excluding hydrogens is 326 g/mol. The van der Waals surface area contributed by atoms with Crippen LogP contribution in [0.5, 0.6) is 0 Å². The molecule has 1 aromatic rings. The fraction of sp³-hybridized carbons (Fsp3) is 0.611. The third-order valence-electron chi connectivity index (χ3n) is 5.15. The number of carboxylic acid groups (broad SMARTS) is 1. The highest BCUT2D eigenvalue weighted by atomic mass is 16.5. The third kappa shape index (κ3) is 3.61. The summed E-state index contributed by atoms with van der Waals surface area (Å²) in [6.45, 7) is 2.84. The van der Waals surface area contributed by atoms with Crippen molar-refractivity contribution in [3.05, 3.63) is 22.6 Å². The zero-order valence-electron chi connectivity index (χ0n) is 14.3. The molecule has 7 heteroatoms. The Hall–Kier alpha value is -2.15. The lowest BCUT2D eigenvalue weighted by Crippen LogP contribution is -2.39. The van der Waals surface area contributed by atoms with Crippen molar-refractivity contribution >= 4 is 17.7 Å². The van der Waals surface area contributed by atoms with Crippen LogP contribution in [-0.2, 0) is 16.0 Å². The Morgan fingerprint density at radius 2 is 2.00 bits per heavy atom. The number of furan rings is 1. The first-order valence-corrected chi connectivity index (χ1v) is 8.73. The first-order chi connectivity index (χ1) is 12.0. The van der Waals surface area contributed by atoms with E-state index in [0.717, 1.165) is 6.42 Å². The van der Waals surface area contributed by atoms with Crippen LogP contribution in [0.4, 0.5) is 0 Å². The van der Waals surface area contributed by atoms with E-state index in [-0.39, 0.29) is 24.0 Å². The molecule has 1 amide bonds. The lowest BCUT2D eigenvalue weighted by Gasteiger charge is -2.27. The number of carboxylic acids is 1. The van der Waals surface area contributed by atoms with Gasteiger partial charge in [0.05, 0.1) is 11.5 Å². The van der Waals surface area contributed by atoms with Crippen molar-refractivity contribution in [1.82, 2.24) is 5.32 Å². The molecule has 1 aliphatic heterocycles. The van der Waals surface area contributed by atoms with Gasteiger partial charge in [-0.05, 0) is 32.1 Å². The van der Waals surface area contributed by atoms with Crippen molar-refractivity contribution in [3.8, 4) is 0 Å². The molecule has 7 nitrogen and oxygen atoms in total. The second kappa shape index (κ2) is 7.39. The van der Waals surface area contributed by atoms with Crippen LogP contribution in [0.2, 0.25) is 0 Å². The SMILES string of the molecule is Cc1c(C(=O)NCC(C(=O)O)C2CCOCC2)oc2c1C(=O)CCC2. The normalized spacial score (nSPS) is 19.3. The summed E-state index contributed by atoms with van der Waals surface area (Å²) in [6, 6.07) is 0. The van der Waals surface area contributed by atoms with Gasteiger partial charge in [0.25, 0.3) is 5.91 Å². The number of carbonyl (C=O) groups is 3. The standard InChI is InChI=1S/C18H23NO6/c1-10-15-13(20)3-2-4-14(15)25-16(10)17(21)19-9-12(18(22)23)11-5-7-24-8-6-11/h11-12H,2-9H2,1H3,(H,19,21)(H,22,23). The summed E-state index contributed by atoms with van der Waals surface area (Å²) in [5, 5.41) is 12.1. The fourth-order valence-electron chi connectivity index (χ4n) is 3.72. The maximum atomic E-state index is 12.5. The lowest BCUT2D eigenvalue weighted by molar-refractivity contribution is -0.144. The maximum absolute atomic E-state index is 12.5. The van der Waals surface area contributed by atoms with Crippen molar-refractivity contribution in [2.75, 3.05) is 19.8 Å². The fourth-order valence-corrected chi connectivity index (χ4v) is 3.72. The number of Topliss-reactive ketones (excluding diaryl/α,β-unsaturated/α-hetero) is 1. The van der Waals surface area contributed by atoms with Crippen molar-refractivity contribution in [3.63, 3.8) is 0 Å². The van der Waals surface area contributed by atoms with Crippen molar-refractivity contribution in [2.24, 2.45) is 11.8 Å². The second-order valence-electron chi connectivity index (χ2n) is 6.74. The smallest absolute Gasteiger partial charge is 0.308 e. The topological polar surface area (TPSA) is 106 Å². The molecule has 3 rings (SSSR count). The van der Waals surface area contributed by atoms with Crippen LogP contribution in [0, 0.1) is 18.8 Å². The van der Waals surface area contributed by atoms with E-state index in [1.807, 2.05) is 0 Å². The Kier molecular flexibility index (Phi) is 5.22. The number of hydrogen-bond acceptors (Lipinski definition) is 5. The van der Waals surface area contributed by atoms with Gasteiger partial charge in [-0.2, -0.15) is 0 Å². The molecule has 0 spiro atoms. The number of amides is 1. The highest BCUT2D eigenvalue weighted by Crippen LogP contribution is 2.29. The third-order valence-corrected chi connectivity index (χ3v) is 5.15. The van der Waals surface area contributed by atoms with Gasteiger partial charge in [-0.25, -0.2) is 0 Å². The summed E-state index contributed by atoms with van der Waals surface area (Å²) in [5.74, 6) is -1.35. The first kappa shape index (κ1) is 17.7. The van der Waals surface area contributed by atoms with Crippen molar-refractivity contribution < 1.29 is 28.6 Å². The molecular formula is C18H23NO6. The highest BCUT2D eigenvalue weighted by molar-refractivity contribution is 6.03. The van der Waals surface area contributed by atoms with Crippen molar-refractivity contribution in [1.29, 1.82) is 0 Å². The minimum absolute atomic E-state index is 0.00664. The summed E-state index contributed by atoms with van der Waals surface area (Å²) < 4.78 is 10.9. The van der Waals surface area contributed by atoms with Gasteiger partial charge in [-0.1, -0.05) is 0 Å². The molecule has 2 N–H and O–H groups in total. The van der Waals surface area contributed by atoms with Crippen molar-refractivity contribution in [2.45, 2.75) is 39.0 Å². The van der Waals surface area contributed by atoms with E-state index in [4.69, 9.17) is 9.15 Å². The summed E-state index contributed by atoms with van der Waals surface area (Å²) in [6.07, 6.45) is 3.20. The first-order valence-electron chi connectivity index (χ1n) is 8.73. The van der Waals surface area contributed by atoms with E-state index in [2.05, 4.69) is 5.32 Å². The van der Waals surface area contributed by atoms with E-state index < -0.39 is 17.8 Å². The minimum atomic E-state index is -0.919. The van der Waals surface area contributed by atoms with Gasteiger partial charge < -0.3 is 19.6 Å². The molecule has 1 aromatic heterocycles. The van der Waals surface area contributed by atoms with Crippen LogP contribution in [0.3, 0.4) is 0 Å². The Morgan fingerprint density at radius 1 is 1.28 bits per heavy atom. The molecule has 1 saturated heterocycles. The molecule has 2 aliphatic rings. The molecule has 1 unspecified atom stereocenters. The second-order valence-corrected chi connectivity index (χ2v) is 6.74.